The molecule has 0 bridgehead atoms. The van der Waals surface area contributed by atoms with Gasteiger partial charge in [0, 0.05) is 7.05 Å². The molecule has 1 aromatic carbocycles. The first-order valence-electron chi connectivity index (χ1n) is 8.74. The fourth-order valence-corrected chi connectivity index (χ4v) is 3.13. The molecule has 0 atom stereocenters. The maximum Gasteiger partial charge on any atom is 0.259 e. The van der Waals surface area contributed by atoms with Gasteiger partial charge in [0.1, 0.15) is 17.8 Å². The van der Waals surface area contributed by atoms with E-state index in [4.69, 9.17) is 4.52 Å². The van der Waals surface area contributed by atoms with Crippen molar-refractivity contribution in [3.63, 3.8) is 0 Å². The van der Waals surface area contributed by atoms with Gasteiger partial charge in [0.05, 0.1) is 30.0 Å². The van der Waals surface area contributed by atoms with Gasteiger partial charge in [-0.05, 0) is 25.1 Å². The van der Waals surface area contributed by atoms with Gasteiger partial charge in [0.15, 0.2) is 0 Å². The van der Waals surface area contributed by atoms with Gasteiger partial charge in [0.2, 0.25) is 11.7 Å². The Morgan fingerprint density at radius 1 is 1.37 bits per heavy atom. The van der Waals surface area contributed by atoms with E-state index in [1.165, 1.54) is 11.0 Å². The van der Waals surface area contributed by atoms with E-state index in [0.717, 1.165) is 13.0 Å². The van der Waals surface area contributed by atoms with Gasteiger partial charge in [-0.2, -0.15) is 4.98 Å². The highest BCUT2D eigenvalue weighted by molar-refractivity contribution is 5.98. The van der Waals surface area contributed by atoms with Crippen LogP contribution < -0.4 is 5.32 Å². The number of nitrogens with one attached hydrogen (secondary N) is 1. The molecule has 1 N–H and O–H groups in total. The van der Waals surface area contributed by atoms with Gasteiger partial charge >= 0.3 is 0 Å². The highest BCUT2D eigenvalue weighted by atomic mass is 19.1. The first-order valence-corrected chi connectivity index (χ1v) is 8.74. The molecule has 140 valence electrons. The number of amides is 1. The summed E-state index contributed by atoms with van der Waals surface area (Å²) in [5, 5.41) is 7.21. The maximum atomic E-state index is 14.3. The van der Waals surface area contributed by atoms with Crippen molar-refractivity contribution in [2.24, 2.45) is 0 Å². The summed E-state index contributed by atoms with van der Waals surface area (Å²) in [6, 6.07) is 4.55. The average molecular weight is 370 g/mol. The maximum absolute atomic E-state index is 14.3. The first kappa shape index (κ1) is 17.3. The molecule has 2 aromatic heterocycles. The van der Waals surface area contributed by atoms with Crippen molar-refractivity contribution in [3.05, 3.63) is 47.5 Å². The van der Waals surface area contributed by atoms with Crippen molar-refractivity contribution in [2.75, 3.05) is 13.6 Å². The Kier molecular flexibility index (Phi) is 4.44. The number of carbonyl (C=O) groups is 1. The van der Waals surface area contributed by atoms with Crippen molar-refractivity contribution in [1.82, 2.24) is 29.9 Å². The zero-order valence-electron chi connectivity index (χ0n) is 15.1. The lowest BCUT2D eigenvalue weighted by molar-refractivity contribution is 0.0783. The summed E-state index contributed by atoms with van der Waals surface area (Å²) in [4.78, 5) is 22.9. The van der Waals surface area contributed by atoms with E-state index in [-0.39, 0.29) is 18.0 Å². The molecule has 3 heterocycles. The Morgan fingerprint density at radius 3 is 3.04 bits per heavy atom. The average Bonchev–Trinajstić information content (AvgIpc) is 3.25. The number of aromatic nitrogens is 4. The second-order valence-corrected chi connectivity index (χ2v) is 6.39. The molecular formula is C18H19FN6O2. The molecule has 0 saturated heterocycles. The van der Waals surface area contributed by atoms with Crippen LogP contribution >= 0.6 is 0 Å². The van der Waals surface area contributed by atoms with Gasteiger partial charge in [-0.1, -0.05) is 18.1 Å². The van der Waals surface area contributed by atoms with E-state index in [1.807, 2.05) is 0 Å². The highest BCUT2D eigenvalue weighted by Gasteiger charge is 2.30. The number of hydrogen-bond donors (Lipinski definition) is 1. The molecule has 9 heteroatoms. The van der Waals surface area contributed by atoms with E-state index in [9.17, 15) is 9.18 Å². The zero-order chi connectivity index (χ0) is 19.0. The van der Waals surface area contributed by atoms with E-state index in [2.05, 4.69) is 27.4 Å². The Hall–Kier alpha value is -3.07. The monoisotopic (exact) mass is 370 g/mol. The number of halogens is 1. The van der Waals surface area contributed by atoms with Crippen LogP contribution in [0.15, 0.2) is 29.0 Å². The Balaban J connectivity index is 1.76. The summed E-state index contributed by atoms with van der Waals surface area (Å²) in [6.07, 6.45) is 2.56. The van der Waals surface area contributed by atoms with Crippen LogP contribution in [0.25, 0.3) is 17.2 Å². The summed E-state index contributed by atoms with van der Waals surface area (Å²) in [7, 11) is 1.63. The second-order valence-electron chi connectivity index (χ2n) is 6.39. The lowest BCUT2D eigenvalue weighted by atomic mass is 10.1. The number of nitrogens with zero attached hydrogens (tertiary/aromatic N) is 5. The molecule has 0 saturated carbocycles. The quantitative estimate of drug-likeness (QED) is 0.692. The summed E-state index contributed by atoms with van der Waals surface area (Å²) in [5.41, 5.74) is 1.69. The van der Waals surface area contributed by atoms with Crippen LogP contribution in [0.5, 0.6) is 0 Å². The topological polar surface area (TPSA) is 89.1 Å². The smallest absolute Gasteiger partial charge is 0.259 e. The molecule has 0 radical (unpaired) electrons. The minimum Gasteiger partial charge on any atom is -0.337 e. The fourth-order valence-electron chi connectivity index (χ4n) is 3.13. The van der Waals surface area contributed by atoms with Crippen LogP contribution in [0.2, 0.25) is 0 Å². The molecule has 1 amide bonds. The number of benzene rings is 1. The molecule has 4 rings (SSSR count). The minimum absolute atomic E-state index is 0.0280. The molecular weight excluding hydrogens is 351 g/mol. The number of imidazole rings is 1. The third-order valence-electron chi connectivity index (χ3n) is 4.45. The Morgan fingerprint density at radius 2 is 2.22 bits per heavy atom. The summed E-state index contributed by atoms with van der Waals surface area (Å²) >= 11 is 0. The van der Waals surface area contributed by atoms with Crippen LogP contribution in [0, 0.1) is 5.82 Å². The van der Waals surface area contributed by atoms with Gasteiger partial charge in [-0.3, -0.25) is 9.36 Å². The molecule has 0 fully saturated rings. The number of hydrogen-bond acceptors (Lipinski definition) is 6. The molecule has 0 spiro atoms. The minimum atomic E-state index is -0.559. The van der Waals surface area contributed by atoms with Crippen molar-refractivity contribution >= 4 is 5.91 Å². The fraction of sp³-hybridized carbons (Fsp3) is 0.333. The normalized spacial score (nSPS) is 13.4. The SMILES string of the molecule is CCCNCc1nc(-c2ncn3c2CN(C)C(=O)c2c(F)cccc2-3)no1. The highest BCUT2D eigenvalue weighted by Crippen LogP contribution is 2.30. The van der Waals surface area contributed by atoms with Crippen LogP contribution in [0.1, 0.15) is 35.3 Å². The van der Waals surface area contributed by atoms with Gasteiger partial charge in [0.25, 0.3) is 5.91 Å². The van der Waals surface area contributed by atoms with Crippen LogP contribution in [-0.4, -0.2) is 44.1 Å². The standard InChI is InChI=1S/C18H19FN6O2/c1-3-7-20-8-14-22-17(23-27-14)16-13-9-24(2)18(26)15-11(19)5-4-6-12(15)25(13)10-21-16/h4-6,10,20H,3,7-9H2,1-2H3. The van der Waals surface area contributed by atoms with Gasteiger partial charge < -0.3 is 14.7 Å². The van der Waals surface area contributed by atoms with Crippen molar-refractivity contribution < 1.29 is 13.7 Å². The van der Waals surface area contributed by atoms with Crippen LogP contribution in [0.4, 0.5) is 4.39 Å². The molecule has 27 heavy (non-hydrogen) atoms. The van der Waals surface area contributed by atoms with Gasteiger partial charge in [-0.15, -0.1) is 0 Å². The van der Waals surface area contributed by atoms with Gasteiger partial charge in [-0.25, -0.2) is 9.37 Å². The van der Waals surface area contributed by atoms with E-state index in [1.54, 1.807) is 30.1 Å². The van der Waals surface area contributed by atoms with E-state index in [0.29, 0.717) is 35.3 Å². The first-order chi connectivity index (χ1) is 13.1. The summed E-state index contributed by atoms with van der Waals surface area (Å²) in [6.45, 7) is 3.65. The number of rotatable bonds is 5. The summed E-state index contributed by atoms with van der Waals surface area (Å²) < 4.78 is 21.3. The molecule has 1 aliphatic rings. The van der Waals surface area contributed by atoms with Crippen LogP contribution in [-0.2, 0) is 13.1 Å². The molecule has 8 nitrogen and oxygen atoms in total. The third kappa shape index (κ3) is 2.99. The third-order valence-corrected chi connectivity index (χ3v) is 4.45. The molecule has 1 aliphatic heterocycles. The zero-order valence-corrected chi connectivity index (χ0v) is 15.1. The van der Waals surface area contributed by atoms with Crippen molar-refractivity contribution in [2.45, 2.75) is 26.4 Å². The lowest BCUT2D eigenvalue weighted by Crippen LogP contribution is -2.26. The predicted octanol–water partition coefficient (Wildman–Crippen LogP) is 2.15. The predicted molar refractivity (Wildman–Crippen MR) is 94.6 cm³/mol. The van der Waals surface area contributed by atoms with Crippen molar-refractivity contribution in [1.29, 1.82) is 0 Å². The Bertz CT molecular complexity index is 996. The van der Waals surface area contributed by atoms with E-state index >= 15 is 0 Å². The number of fused-ring (bicyclic) bond motifs is 3. The summed E-state index contributed by atoms with van der Waals surface area (Å²) in [5.74, 6) is -0.130. The van der Waals surface area contributed by atoms with E-state index < -0.39 is 5.82 Å². The molecule has 0 aliphatic carbocycles. The van der Waals surface area contributed by atoms with Crippen LogP contribution in [0.3, 0.4) is 0 Å². The molecule has 3 aromatic rings. The largest absolute Gasteiger partial charge is 0.337 e. The molecule has 0 unspecified atom stereocenters. The van der Waals surface area contributed by atoms with Crippen molar-refractivity contribution in [3.8, 4) is 17.2 Å². The lowest BCUT2D eigenvalue weighted by Gasteiger charge is -2.14. The second kappa shape index (κ2) is 6.92. The number of carbonyl (C=O) groups excluding carboxylic acids is 1. The Labute approximate surface area is 155 Å².